The summed E-state index contributed by atoms with van der Waals surface area (Å²) in [4.78, 5) is 21.9. The molecule has 0 heterocycles. The van der Waals surface area contributed by atoms with Gasteiger partial charge in [0.15, 0.2) is 0 Å². The molecule has 0 saturated heterocycles. The molecule has 0 spiro atoms. The maximum atomic E-state index is 10.9. The topological polar surface area (TPSA) is 110 Å². The third-order valence-electron chi connectivity index (χ3n) is 1.49. The number of nitrogens with one attached hydrogen (secondary N) is 2. The Morgan fingerprint density at radius 2 is 1.62 bits per heavy atom. The fraction of sp³-hybridized carbons (Fsp3) is 0.667. The molecule has 13 heavy (non-hydrogen) atoms. The highest BCUT2D eigenvalue weighted by Gasteiger charge is 2.23. The van der Waals surface area contributed by atoms with Gasteiger partial charge in [-0.1, -0.05) is 13.3 Å². The van der Waals surface area contributed by atoms with Crippen LogP contribution < -0.4 is 22.5 Å². The number of amides is 2. The number of halogens is 1. The first-order chi connectivity index (χ1) is 5.67. The van der Waals surface area contributed by atoms with Crippen molar-refractivity contribution in [2.24, 2.45) is 17.6 Å². The van der Waals surface area contributed by atoms with Crippen molar-refractivity contribution < 1.29 is 9.59 Å². The maximum Gasteiger partial charge on any atom is 0.246 e. The molecule has 6 N–H and O–H groups in total. The molecule has 7 heteroatoms. The zero-order valence-electron chi connectivity index (χ0n) is 7.37. The van der Waals surface area contributed by atoms with Crippen LogP contribution in [0.5, 0.6) is 0 Å². The number of hydrogen-bond donors (Lipinski definition) is 4. The van der Waals surface area contributed by atoms with Crippen LogP contribution in [0, 0.1) is 5.92 Å². The highest BCUT2D eigenvalue weighted by molar-refractivity contribution is 5.99. The summed E-state index contributed by atoms with van der Waals surface area (Å²) >= 11 is 0. The van der Waals surface area contributed by atoms with Gasteiger partial charge in [-0.3, -0.25) is 20.4 Å². The summed E-state index contributed by atoms with van der Waals surface area (Å²) in [5, 5.41) is 0. The van der Waals surface area contributed by atoms with Crippen LogP contribution in [0.4, 0.5) is 0 Å². The first-order valence-corrected chi connectivity index (χ1v) is 3.68. The van der Waals surface area contributed by atoms with Gasteiger partial charge in [-0.2, -0.15) is 0 Å². The van der Waals surface area contributed by atoms with E-state index in [0.29, 0.717) is 12.8 Å². The van der Waals surface area contributed by atoms with Gasteiger partial charge in [0.05, 0.1) is 0 Å². The van der Waals surface area contributed by atoms with Gasteiger partial charge in [-0.15, -0.1) is 12.4 Å². The van der Waals surface area contributed by atoms with Crippen LogP contribution in [0.1, 0.15) is 19.8 Å². The van der Waals surface area contributed by atoms with Crippen molar-refractivity contribution in [3.63, 3.8) is 0 Å². The van der Waals surface area contributed by atoms with Crippen LogP contribution in [0.15, 0.2) is 0 Å². The van der Waals surface area contributed by atoms with Gasteiger partial charge in [0.1, 0.15) is 5.92 Å². The summed E-state index contributed by atoms with van der Waals surface area (Å²) in [7, 11) is 0. The first kappa shape index (κ1) is 14.7. The van der Waals surface area contributed by atoms with Crippen molar-refractivity contribution in [1.29, 1.82) is 0 Å². The van der Waals surface area contributed by atoms with Crippen molar-refractivity contribution in [1.82, 2.24) is 10.9 Å². The maximum absolute atomic E-state index is 10.9. The number of hydrogen-bond acceptors (Lipinski definition) is 4. The largest absolute Gasteiger partial charge is 0.294 e. The number of hydrazine groups is 2. The second kappa shape index (κ2) is 7.78. The SMILES string of the molecule is CCCC(C(=O)NN)C(=O)NN.Cl. The monoisotopic (exact) mass is 210 g/mol. The van der Waals surface area contributed by atoms with Crippen molar-refractivity contribution in [2.75, 3.05) is 0 Å². The molecule has 0 aromatic heterocycles. The molecule has 0 unspecified atom stereocenters. The fourth-order valence-electron chi connectivity index (χ4n) is 0.871. The van der Waals surface area contributed by atoms with Crippen LogP contribution in [0.25, 0.3) is 0 Å². The summed E-state index contributed by atoms with van der Waals surface area (Å²) in [5.74, 6) is 7.94. The van der Waals surface area contributed by atoms with Crippen molar-refractivity contribution in [3.8, 4) is 0 Å². The van der Waals surface area contributed by atoms with Crippen molar-refractivity contribution >= 4 is 24.2 Å². The minimum Gasteiger partial charge on any atom is -0.294 e. The lowest BCUT2D eigenvalue weighted by molar-refractivity contribution is -0.135. The molecule has 0 atom stereocenters. The Hall–Kier alpha value is -0.850. The molecule has 0 fully saturated rings. The average molecular weight is 211 g/mol. The van der Waals surface area contributed by atoms with Gasteiger partial charge in [-0.05, 0) is 6.42 Å². The molecule has 0 rings (SSSR count). The Kier molecular flexibility index (Phi) is 8.78. The third-order valence-corrected chi connectivity index (χ3v) is 1.49. The molecular formula is C6H15ClN4O2. The van der Waals surface area contributed by atoms with E-state index < -0.39 is 17.7 Å². The predicted molar refractivity (Wildman–Crippen MR) is 50.3 cm³/mol. The molecule has 0 saturated carbocycles. The summed E-state index contributed by atoms with van der Waals surface area (Å²) in [5.41, 5.74) is 3.82. The molecular weight excluding hydrogens is 196 g/mol. The van der Waals surface area contributed by atoms with Gasteiger partial charge in [0.2, 0.25) is 11.8 Å². The highest BCUT2D eigenvalue weighted by Crippen LogP contribution is 2.05. The number of carbonyl (C=O) groups is 2. The molecule has 0 aliphatic carbocycles. The predicted octanol–water partition coefficient (Wildman–Crippen LogP) is -1.20. The average Bonchev–Trinajstić information content (AvgIpc) is 2.11. The Bertz CT molecular complexity index is 160. The lowest BCUT2D eigenvalue weighted by atomic mass is 10.0. The smallest absolute Gasteiger partial charge is 0.246 e. The zero-order valence-corrected chi connectivity index (χ0v) is 8.19. The standard InChI is InChI=1S/C6H14N4O2.ClH/c1-2-3-4(5(11)9-7)6(12)10-8;/h4H,2-3,7-8H2,1H3,(H,9,11)(H,10,12);1H. The molecule has 0 aliphatic heterocycles. The van der Waals surface area contributed by atoms with E-state index in [1.165, 1.54) is 0 Å². The summed E-state index contributed by atoms with van der Waals surface area (Å²) in [6, 6.07) is 0. The summed E-state index contributed by atoms with van der Waals surface area (Å²) in [6.07, 6.45) is 1.15. The zero-order chi connectivity index (χ0) is 9.56. The van der Waals surface area contributed by atoms with Gasteiger partial charge in [0.25, 0.3) is 0 Å². The van der Waals surface area contributed by atoms with Gasteiger partial charge in [-0.25, -0.2) is 11.7 Å². The Morgan fingerprint density at radius 1 is 1.23 bits per heavy atom. The molecule has 2 amide bonds. The lowest BCUT2D eigenvalue weighted by Gasteiger charge is -2.11. The van der Waals surface area contributed by atoms with E-state index in [2.05, 4.69) is 0 Å². The molecule has 6 nitrogen and oxygen atoms in total. The van der Waals surface area contributed by atoms with E-state index in [9.17, 15) is 9.59 Å². The van der Waals surface area contributed by atoms with E-state index in [1.807, 2.05) is 17.8 Å². The van der Waals surface area contributed by atoms with E-state index in [4.69, 9.17) is 11.7 Å². The second-order valence-corrected chi connectivity index (χ2v) is 2.36. The molecule has 0 radical (unpaired) electrons. The van der Waals surface area contributed by atoms with Crippen LogP contribution >= 0.6 is 12.4 Å². The molecule has 0 aromatic carbocycles. The van der Waals surface area contributed by atoms with Gasteiger partial charge >= 0.3 is 0 Å². The Labute approximate surface area is 82.8 Å². The van der Waals surface area contributed by atoms with Gasteiger partial charge < -0.3 is 0 Å². The third kappa shape index (κ3) is 4.66. The van der Waals surface area contributed by atoms with E-state index in [0.717, 1.165) is 0 Å². The van der Waals surface area contributed by atoms with Crippen molar-refractivity contribution in [3.05, 3.63) is 0 Å². The second-order valence-electron chi connectivity index (χ2n) is 2.36. The lowest BCUT2D eigenvalue weighted by Crippen LogP contribution is -2.45. The van der Waals surface area contributed by atoms with Crippen LogP contribution in [0.2, 0.25) is 0 Å². The van der Waals surface area contributed by atoms with E-state index in [1.54, 1.807) is 0 Å². The Morgan fingerprint density at radius 3 is 1.85 bits per heavy atom. The normalized spacial score (nSPS) is 8.92. The molecule has 78 valence electrons. The van der Waals surface area contributed by atoms with E-state index in [-0.39, 0.29) is 12.4 Å². The molecule has 0 bridgehead atoms. The summed E-state index contributed by atoms with van der Waals surface area (Å²) < 4.78 is 0. The van der Waals surface area contributed by atoms with Crippen molar-refractivity contribution in [2.45, 2.75) is 19.8 Å². The highest BCUT2D eigenvalue weighted by atomic mass is 35.5. The fourth-order valence-corrected chi connectivity index (χ4v) is 0.871. The van der Waals surface area contributed by atoms with Crippen LogP contribution in [0.3, 0.4) is 0 Å². The summed E-state index contributed by atoms with van der Waals surface area (Å²) in [6.45, 7) is 1.86. The number of carbonyl (C=O) groups excluding carboxylic acids is 2. The quantitative estimate of drug-likeness (QED) is 0.202. The van der Waals surface area contributed by atoms with Gasteiger partial charge in [0, 0.05) is 0 Å². The number of rotatable bonds is 4. The molecule has 0 aromatic rings. The minimum absolute atomic E-state index is 0. The first-order valence-electron chi connectivity index (χ1n) is 3.68. The Balaban J connectivity index is 0. The number of nitrogens with two attached hydrogens (primary N) is 2. The van der Waals surface area contributed by atoms with E-state index >= 15 is 0 Å². The minimum atomic E-state index is -0.787. The van der Waals surface area contributed by atoms with Crippen LogP contribution in [-0.2, 0) is 9.59 Å². The van der Waals surface area contributed by atoms with Crippen LogP contribution in [-0.4, -0.2) is 11.8 Å². The molecule has 0 aliphatic rings.